The van der Waals surface area contributed by atoms with Gasteiger partial charge in [0, 0.05) is 18.7 Å². The van der Waals surface area contributed by atoms with Crippen LogP contribution in [0.25, 0.3) is 0 Å². The van der Waals surface area contributed by atoms with E-state index in [4.69, 9.17) is 10.00 Å². The fourth-order valence-corrected chi connectivity index (χ4v) is 2.25. The third-order valence-electron chi connectivity index (χ3n) is 3.35. The lowest BCUT2D eigenvalue weighted by atomic mass is 10.1. The summed E-state index contributed by atoms with van der Waals surface area (Å²) >= 11 is 0. The predicted octanol–water partition coefficient (Wildman–Crippen LogP) is 2.74. The van der Waals surface area contributed by atoms with Crippen molar-refractivity contribution < 1.29 is 9.53 Å². The van der Waals surface area contributed by atoms with Crippen molar-refractivity contribution in [3.05, 3.63) is 29.3 Å². The van der Waals surface area contributed by atoms with Gasteiger partial charge >= 0.3 is 0 Å². The minimum atomic E-state index is 0.00617. The molecule has 0 radical (unpaired) electrons. The van der Waals surface area contributed by atoms with Crippen LogP contribution in [0.3, 0.4) is 0 Å². The molecule has 1 aliphatic heterocycles. The molecule has 1 aliphatic rings. The van der Waals surface area contributed by atoms with Crippen molar-refractivity contribution in [3.8, 4) is 6.07 Å². The van der Waals surface area contributed by atoms with E-state index in [9.17, 15) is 4.79 Å². The standard InChI is InChI=1S/C15H18N2O2/c1-11(18)12-4-5-13(10-16)15(9-12)17-7-6-14-3-2-8-19-14/h4-5,9,14,17H,2-3,6-8H2,1H3. The molecule has 0 amide bonds. The molecular weight excluding hydrogens is 240 g/mol. The van der Waals surface area contributed by atoms with E-state index in [1.54, 1.807) is 18.2 Å². The fourth-order valence-electron chi connectivity index (χ4n) is 2.25. The maximum Gasteiger partial charge on any atom is 0.159 e. The zero-order valence-electron chi connectivity index (χ0n) is 11.1. The van der Waals surface area contributed by atoms with Crippen molar-refractivity contribution in [2.75, 3.05) is 18.5 Å². The highest BCUT2D eigenvalue weighted by atomic mass is 16.5. The number of nitriles is 1. The fraction of sp³-hybridized carbons (Fsp3) is 0.467. The molecule has 1 aromatic rings. The lowest BCUT2D eigenvalue weighted by Crippen LogP contribution is -2.13. The summed E-state index contributed by atoms with van der Waals surface area (Å²) in [7, 11) is 0. The number of benzene rings is 1. The van der Waals surface area contributed by atoms with E-state index in [2.05, 4.69) is 11.4 Å². The molecule has 0 saturated carbocycles. The maximum absolute atomic E-state index is 11.3. The van der Waals surface area contributed by atoms with Crippen LogP contribution in [0.4, 0.5) is 5.69 Å². The molecule has 1 heterocycles. The number of rotatable bonds is 5. The van der Waals surface area contributed by atoms with Crippen molar-refractivity contribution in [2.24, 2.45) is 0 Å². The van der Waals surface area contributed by atoms with Gasteiger partial charge in [-0.1, -0.05) is 0 Å². The monoisotopic (exact) mass is 258 g/mol. The van der Waals surface area contributed by atoms with E-state index >= 15 is 0 Å². The molecule has 1 N–H and O–H groups in total. The Morgan fingerprint density at radius 1 is 1.58 bits per heavy atom. The quantitative estimate of drug-likeness (QED) is 0.825. The second kappa shape index (κ2) is 6.35. The third-order valence-corrected chi connectivity index (χ3v) is 3.35. The normalized spacial score (nSPS) is 18.0. The van der Waals surface area contributed by atoms with Crippen molar-refractivity contribution in [3.63, 3.8) is 0 Å². The maximum atomic E-state index is 11.3. The van der Waals surface area contributed by atoms with Crippen LogP contribution in [0.2, 0.25) is 0 Å². The number of nitrogens with zero attached hydrogens (tertiary/aromatic N) is 1. The van der Waals surface area contributed by atoms with E-state index in [0.717, 1.165) is 38.1 Å². The zero-order valence-corrected chi connectivity index (χ0v) is 11.1. The van der Waals surface area contributed by atoms with E-state index in [1.165, 1.54) is 6.92 Å². The van der Waals surface area contributed by atoms with Crippen LogP contribution >= 0.6 is 0 Å². The number of hydrogen-bond donors (Lipinski definition) is 1. The molecule has 4 heteroatoms. The van der Waals surface area contributed by atoms with Gasteiger partial charge in [0.05, 0.1) is 17.4 Å². The lowest BCUT2D eigenvalue weighted by Gasteiger charge is -2.12. The summed E-state index contributed by atoms with van der Waals surface area (Å²) in [4.78, 5) is 11.3. The Labute approximate surface area is 113 Å². The molecule has 1 aromatic carbocycles. The zero-order chi connectivity index (χ0) is 13.7. The molecule has 1 fully saturated rings. The van der Waals surface area contributed by atoms with Gasteiger partial charge in [-0.05, 0) is 44.4 Å². The minimum Gasteiger partial charge on any atom is -0.384 e. The number of anilines is 1. The smallest absolute Gasteiger partial charge is 0.159 e. The molecular formula is C15H18N2O2. The van der Waals surface area contributed by atoms with Crippen LogP contribution in [0.1, 0.15) is 42.1 Å². The molecule has 0 aliphatic carbocycles. The summed E-state index contributed by atoms with van der Waals surface area (Å²) in [5.41, 5.74) is 1.92. The highest BCUT2D eigenvalue weighted by molar-refractivity contribution is 5.95. The number of ketones is 1. The Kier molecular flexibility index (Phi) is 4.53. The molecule has 2 rings (SSSR count). The Hall–Kier alpha value is -1.86. The van der Waals surface area contributed by atoms with Gasteiger partial charge in [0.15, 0.2) is 5.78 Å². The number of carbonyl (C=O) groups is 1. The molecule has 0 aromatic heterocycles. The SMILES string of the molecule is CC(=O)c1ccc(C#N)c(NCCC2CCCO2)c1. The predicted molar refractivity (Wildman–Crippen MR) is 73.2 cm³/mol. The molecule has 1 saturated heterocycles. The van der Waals surface area contributed by atoms with Crippen molar-refractivity contribution in [2.45, 2.75) is 32.3 Å². The van der Waals surface area contributed by atoms with Gasteiger partial charge in [0.1, 0.15) is 6.07 Å². The van der Waals surface area contributed by atoms with Crippen LogP contribution in [0.15, 0.2) is 18.2 Å². The van der Waals surface area contributed by atoms with Gasteiger partial charge in [0.2, 0.25) is 0 Å². The van der Waals surface area contributed by atoms with Crippen molar-refractivity contribution in [1.82, 2.24) is 0 Å². The Bertz CT molecular complexity index is 499. The van der Waals surface area contributed by atoms with E-state index in [0.29, 0.717) is 17.2 Å². The number of nitrogens with one attached hydrogen (secondary N) is 1. The molecule has 4 nitrogen and oxygen atoms in total. The van der Waals surface area contributed by atoms with Gasteiger partial charge in [-0.15, -0.1) is 0 Å². The van der Waals surface area contributed by atoms with Crippen LogP contribution < -0.4 is 5.32 Å². The summed E-state index contributed by atoms with van der Waals surface area (Å²) in [6.45, 7) is 3.13. The number of carbonyl (C=O) groups excluding carboxylic acids is 1. The first-order valence-corrected chi connectivity index (χ1v) is 6.61. The first-order chi connectivity index (χ1) is 9.20. The second-order valence-corrected chi connectivity index (χ2v) is 4.78. The van der Waals surface area contributed by atoms with Gasteiger partial charge in [-0.2, -0.15) is 5.26 Å². The summed E-state index contributed by atoms with van der Waals surface area (Å²) < 4.78 is 5.55. The number of ether oxygens (including phenoxy) is 1. The van der Waals surface area contributed by atoms with Crippen LogP contribution in [0.5, 0.6) is 0 Å². The van der Waals surface area contributed by atoms with Gasteiger partial charge in [0.25, 0.3) is 0 Å². The second-order valence-electron chi connectivity index (χ2n) is 4.78. The third kappa shape index (κ3) is 3.55. The lowest BCUT2D eigenvalue weighted by molar-refractivity contribution is 0.101. The van der Waals surface area contributed by atoms with E-state index in [1.807, 2.05) is 0 Å². The molecule has 19 heavy (non-hydrogen) atoms. The van der Waals surface area contributed by atoms with E-state index in [-0.39, 0.29) is 5.78 Å². The minimum absolute atomic E-state index is 0.00617. The first-order valence-electron chi connectivity index (χ1n) is 6.61. The van der Waals surface area contributed by atoms with Crippen molar-refractivity contribution >= 4 is 11.5 Å². The van der Waals surface area contributed by atoms with Gasteiger partial charge in [-0.25, -0.2) is 0 Å². The average Bonchev–Trinajstić information content (AvgIpc) is 2.91. The van der Waals surface area contributed by atoms with Crippen LogP contribution in [-0.4, -0.2) is 25.0 Å². The van der Waals surface area contributed by atoms with Gasteiger partial charge < -0.3 is 10.1 Å². The molecule has 1 unspecified atom stereocenters. The largest absolute Gasteiger partial charge is 0.384 e. The van der Waals surface area contributed by atoms with Crippen LogP contribution in [-0.2, 0) is 4.74 Å². The summed E-state index contributed by atoms with van der Waals surface area (Å²) in [5.74, 6) is 0.00617. The Balaban J connectivity index is 1.99. The highest BCUT2D eigenvalue weighted by Gasteiger charge is 2.15. The first kappa shape index (κ1) is 13.6. The average molecular weight is 258 g/mol. The van der Waals surface area contributed by atoms with Gasteiger partial charge in [-0.3, -0.25) is 4.79 Å². The summed E-state index contributed by atoms with van der Waals surface area (Å²) in [5, 5.41) is 12.3. The topological polar surface area (TPSA) is 62.1 Å². The van der Waals surface area contributed by atoms with Crippen molar-refractivity contribution in [1.29, 1.82) is 5.26 Å². The molecule has 0 bridgehead atoms. The molecule has 0 spiro atoms. The van der Waals surface area contributed by atoms with Crippen LogP contribution in [0, 0.1) is 11.3 Å². The van der Waals surface area contributed by atoms with E-state index < -0.39 is 0 Å². The molecule has 100 valence electrons. The Morgan fingerprint density at radius 3 is 3.05 bits per heavy atom. The Morgan fingerprint density at radius 2 is 2.42 bits per heavy atom. The summed E-state index contributed by atoms with van der Waals surface area (Å²) in [6, 6.07) is 7.25. The number of hydrogen-bond acceptors (Lipinski definition) is 4. The summed E-state index contributed by atoms with van der Waals surface area (Å²) in [6.07, 6.45) is 3.50. The molecule has 1 atom stereocenters. The highest BCUT2D eigenvalue weighted by Crippen LogP contribution is 2.19. The number of Topliss-reactive ketones (excluding diaryl/α,β-unsaturated/α-hetero) is 1.